The van der Waals surface area contributed by atoms with Crippen molar-refractivity contribution in [3.8, 4) is 0 Å². The molecule has 0 saturated heterocycles. The van der Waals surface area contributed by atoms with Crippen molar-refractivity contribution in [2.45, 2.75) is 52.5 Å². The first kappa shape index (κ1) is 11.2. The van der Waals surface area contributed by atoms with Gasteiger partial charge in [0.05, 0.1) is 12.0 Å². The topological polar surface area (TPSA) is 41.5 Å². The van der Waals surface area contributed by atoms with Crippen molar-refractivity contribution in [3.05, 3.63) is 0 Å². The van der Waals surface area contributed by atoms with Crippen LogP contribution in [0.1, 0.15) is 47.0 Å². The third-order valence-electron chi connectivity index (χ3n) is 2.92. The SMILES string of the molecule is CCCC1=NC(C)(C(C)C)CC(=O)N1. The largest absolute Gasteiger partial charge is 0.314 e. The summed E-state index contributed by atoms with van der Waals surface area (Å²) in [5, 5.41) is 2.84. The molecule has 1 aliphatic heterocycles. The van der Waals surface area contributed by atoms with Crippen LogP contribution in [-0.2, 0) is 4.79 Å². The summed E-state index contributed by atoms with van der Waals surface area (Å²) >= 11 is 0. The predicted octanol–water partition coefficient (Wildman–Crippen LogP) is 2.12. The van der Waals surface area contributed by atoms with E-state index in [0.29, 0.717) is 12.3 Å². The lowest BCUT2D eigenvalue weighted by atomic mass is 9.84. The van der Waals surface area contributed by atoms with Crippen LogP contribution < -0.4 is 5.32 Å². The second-order valence-electron chi connectivity index (χ2n) is 4.55. The van der Waals surface area contributed by atoms with Gasteiger partial charge in [-0.2, -0.15) is 0 Å². The number of carbonyl (C=O) groups excluding carboxylic acids is 1. The normalized spacial score (nSPS) is 27.5. The molecule has 0 bridgehead atoms. The molecule has 1 N–H and O–H groups in total. The molecule has 0 aromatic rings. The first-order chi connectivity index (χ1) is 6.48. The maximum Gasteiger partial charge on any atom is 0.227 e. The van der Waals surface area contributed by atoms with Crippen LogP contribution in [-0.4, -0.2) is 17.3 Å². The van der Waals surface area contributed by atoms with E-state index < -0.39 is 0 Å². The van der Waals surface area contributed by atoms with Crippen LogP contribution in [0.3, 0.4) is 0 Å². The van der Waals surface area contributed by atoms with E-state index in [1.54, 1.807) is 0 Å². The Bertz CT molecular complexity index is 258. The molecule has 1 unspecified atom stereocenters. The van der Waals surface area contributed by atoms with Crippen molar-refractivity contribution >= 4 is 11.7 Å². The van der Waals surface area contributed by atoms with Gasteiger partial charge in [-0.15, -0.1) is 0 Å². The Hall–Kier alpha value is -0.860. The van der Waals surface area contributed by atoms with Crippen molar-refractivity contribution in [2.75, 3.05) is 0 Å². The number of amides is 1. The van der Waals surface area contributed by atoms with E-state index in [-0.39, 0.29) is 11.4 Å². The Morgan fingerprint density at radius 1 is 1.57 bits per heavy atom. The lowest BCUT2D eigenvalue weighted by Crippen LogP contribution is -2.46. The minimum atomic E-state index is -0.202. The molecule has 0 aromatic carbocycles. The van der Waals surface area contributed by atoms with Crippen LogP contribution in [0.5, 0.6) is 0 Å². The molecule has 1 rings (SSSR count). The van der Waals surface area contributed by atoms with Crippen LogP contribution in [0.4, 0.5) is 0 Å². The summed E-state index contributed by atoms with van der Waals surface area (Å²) in [5.74, 6) is 1.38. The van der Waals surface area contributed by atoms with Gasteiger partial charge in [0, 0.05) is 6.42 Å². The van der Waals surface area contributed by atoms with Crippen LogP contribution in [0.15, 0.2) is 4.99 Å². The summed E-state index contributed by atoms with van der Waals surface area (Å²) in [6.07, 6.45) is 2.40. The first-order valence-corrected chi connectivity index (χ1v) is 5.36. The number of amidine groups is 1. The highest BCUT2D eigenvalue weighted by Crippen LogP contribution is 2.28. The molecule has 0 saturated carbocycles. The average Bonchev–Trinajstić information content (AvgIpc) is 2.02. The molecule has 0 aliphatic carbocycles. The van der Waals surface area contributed by atoms with E-state index in [9.17, 15) is 4.79 Å². The molecular formula is C11H20N2O. The molecule has 0 spiro atoms. The van der Waals surface area contributed by atoms with Gasteiger partial charge in [-0.05, 0) is 19.3 Å². The molecule has 3 heteroatoms. The molecule has 14 heavy (non-hydrogen) atoms. The van der Waals surface area contributed by atoms with Gasteiger partial charge in [0.15, 0.2) is 0 Å². The summed E-state index contributed by atoms with van der Waals surface area (Å²) in [6, 6.07) is 0. The highest BCUT2D eigenvalue weighted by molar-refractivity contribution is 6.00. The van der Waals surface area contributed by atoms with Gasteiger partial charge >= 0.3 is 0 Å². The number of hydrogen-bond donors (Lipinski definition) is 1. The van der Waals surface area contributed by atoms with Crippen molar-refractivity contribution in [1.82, 2.24) is 5.32 Å². The summed E-state index contributed by atoms with van der Waals surface area (Å²) in [7, 11) is 0. The van der Waals surface area contributed by atoms with Crippen molar-refractivity contribution in [2.24, 2.45) is 10.9 Å². The van der Waals surface area contributed by atoms with Gasteiger partial charge in [-0.25, -0.2) is 0 Å². The third kappa shape index (κ3) is 2.34. The molecule has 0 fully saturated rings. The monoisotopic (exact) mass is 196 g/mol. The van der Waals surface area contributed by atoms with E-state index in [1.165, 1.54) is 0 Å². The van der Waals surface area contributed by atoms with E-state index in [1.807, 2.05) is 0 Å². The zero-order valence-corrected chi connectivity index (χ0v) is 9.55. The summed E-state index contributed by atoms with van der Waals surface area (Å²) in [4.78, 5) is 16.1. The minimum Gasteiger partial charge on any atom is -0.314 e. The van der Waals surface area contributed by atoms with E-state index in [0.717, 1.165) is 18.7 Å². The van der Waals surface area contributed by atoms with E-state index >= 15 is 0 Å². The second-order valence-corrected chi connectivity index (χ2v) is 4.55. The Morgan fingerprint density at radius 2 is 2.21 bits per heavy atom. The second kappa shape index (κ2) is 4.11. The number of aliphatic imine (C=N–C) groups is 1. The quantitative estimate of drug-likeness (QED) is 0.738. The highest BCUT2D eigenvalue weighted by Gasteiger charge is 2.34. The Kier molecular flexibility index (Phi) is 3.29. The van der Waals surface area contributed by atoms with E-state index in [2.05, 4.69) is 38.0 Å². The molecule has 1 aliphatic rings. The summed E-state index contributed by atoms with van der Waals surface area (Å²) < 4.78 is 0. The molecule has 3 nitrogen and oxygen atoms in total. The summed E-state index contributed by atoms with van der Waals surface area (Å²) in [5.41, 5.74) is -0.202. The van der Waals surface area contributed by atoms with Crippen molar-refractivity contribution in [1.29, 1.82) is 0 Å². The zero-order chi connectivity index (χ0) is 10.8. The molecule has 1 heterocycles. The zero-order valence-electron chi connectivity index (χ0n) is 9.55. The van der Waals surface area contributed by atoms with Gasteiger partial charge in [-0.1, -0.05) is 20.8 Å². The Labute approximate surface area is 86.0 Å². The Balaban J connectivity index is 2.87. The van der Waals surface area contributed by atoms with Crippen molar-refractivity contribution < 1.29 is 4.79 Å². The van der Waals surface area contributed by atoms with Crippen LogP contribution in [0.25, 0.3) is 0 Å². The lowest BCUT2D eigenvalue weighted by Gasteiger charge is -2.33. The van der Waals surface area contributed by atoms with Gasteiger partial charge in [0.1, 0.15) is 5.84 Å². The van der Waals surface area contributed by atoms with Gasteiger partial charge in [-0.3, -0.25) is 9.79 Å². The molecular weight excluding hydrogens is 176 g/mol. The van der Waals surface area contributed by atoms with E-state index in [4.69, 9.17) is 0 Å². The number of hydrogen-bond acceptors (Lipinski definition) is 2. The fourth-order valence-corrected chi connectivity index (χ4v) is 1.59. The Morgan fingerprint density at radius 3 is 2.71 bits per heavy atom. The average molecular weight is 196 g/mol. The fraction of sp³-hybridized carbons (Fsp3) is 0.818. The lowest BCUT2D eigenvalue weighted by molar-refractivity contribution is -0.121. The molecule has 1 amide bonds. The van der Waals surface area contributed by atoms with Crippen LogP contribution >= 0.6 is 0 Å². The molecule has 80 valence electrons. The smallest absolute Gasteiger partial charge is 0.227 e. The predicted molar refractivity (Wildman–Crippen MR) is 58.3 cm³/mol. The van der Waals surface area contributed by atoms with Crippen LogP contribution in [0, 0.1) is 5.92 Å². The van der Waals surface area contributed by atoms with Gasteiger partial charge in [0.25, 0.3) is 0 Å². The van der Waals surface area contributed by atoms with Gasteiger partial charge in [0.2, 0.25) is 5.91 Å². The number of nitrogens with zero attached hydrogens (tertiary/aromatic N) is 1. The number of nitrogens with one attached hydrogen (secondary N) is 1. The third-order valence-corrected chi connectivity index (χ3v) is 2.92. The maximum absolute atomic E-state index is 11.5. The molecule has 0 aromatic heterocycles. The molecule has 1 atom stereocenters. The standard InChI is InChI=1S/C11H20N2O/c1-5-6-9-12-10(14)7-11(4,13-9)8(2)3/h8H,5-7H2,1-4H3,(H,12,13,14). The number of rotatable bonds is 3. The first-order valence-electron chi connectivity index (χ1n) is 5.36. The minimum absolute atomic E-state index is 0.111. The summed E-state index contributed by atoms with van der Waals surface area (Å²) in [6.45, 7) is 8.39. The molecule has 0 radical (unpaired) electrons. The maximum atomic E-state index is 11.5. The van der Waals surface area contributed by atoms with Crippen LogP contribution in [0.2, 0.25) is 0 Å². The van der Waals surface area contributed by atoms with Gasteiger partial charge < -0.3 is 5.32 Å². The fourth-order valence-electron chi connectivity index (χ4n) is 1.59. The van der Waals surface area contributed by atoms with Crippen molar-refractivity contribution in [3.63, 3.8) is 0 Å². The number of carbonyl (C=O) groups is 1. The highest BCUT2D eigenvalue weighted by atomic mass is 16.1.